The van der Waals surface area contributed by atoms with Crippen molar-refractivity contribution in [2.24, 2.45) is 0 Å². The molecule has 35 heavy (non-hydrogen) atoms. The molecule has 1 aliphatic rings. The maximum Gasteiger partial charge on any atom is 0.407 e. The molecule has 0 saturated carbocycles. The molecule has 0 spiro atoms. The van der Waals surface area contributed by atoms with Gasteiger partial charge in [0.1, 0.15) is 18.7 Å². The first-order chi connectivity index (χ1) is 16.8. The van der Waals surface area contributed by atoms with Crippen LogP contribution in [0.1, 0.15) is 29.5 Å². The Morgan fingerprint density at radius 2 is 1.49 bits per heavy atom. The number of alkyl carbamates (subject to hydrolysis) is 1. The third-order valence-corrected chi connectivity index (χ3v) is 6.56. The fraction of sp³-hybridized carbons (Fsp3) is 0.222. The Morgan fingerprint density at radius 1 is 0.914 bits per heavy atom. The first kappa shape index (κ1) is 24.5. The number of carbonyl (C=O) groups excluding carboxylic acids is 2. The van der Waals surface area contributed by atoms with Gasteiger partial charge in [-0.25, -0.2) is 4.79 Å². The molecule has 2 atom stereocenters. The SMILES string of the molecule is CC(NC(=O)[C@@H](Cc1ccc(Br)cc1)NC(=O)OCC1c2ccccc2-c2ccccc21)C(=O)O. The van der Waals surface area contributed by atoms with Crippen molar-refractivity contribution in [1.82, 2.24) is 10.6 Å². The van der Waals surface area contributed by atoms with E-state index in [1.165, 1.54) is 6.92 Å². The fourth-order valence-electron chi connectivity index (χ4n) is 4.22. The molecule has 2 amide bonds. The number of carbonyl (C=O) groups is 3. The van der Waals surface area contributed by atoms with Gasteiger partial charge in [0, 0.05) is 16.8 Å². The Kier molecular flexibility index (Phi) is 7.51. The van der Waals surface area contributed by atoms with E-state index in [4.69, 9.17) is 9.84 Å². The van der Waals surface area contributed by atoms with Gasteiger partial charge in [0.05, 0.1) is 0 Å². The number of fused-ring (bicyclic) bond motifs is 3. The second-order valence-electron chi connectivity index (χ2n) is 8.42. The topological polar surface area (TPSA) is 105 Å². The van der Waals surface area contributed by atoms with Crippen LogP contribution in [0.2, 0.25) is 0 Å². The van der Waals surface area contributed by atoms with Crippen molar-refractivity contribution >= 4 is 33.9 Å². The van der Waals surface area contributed by atoms with Crippen LogP contribution in [0.3, 0.4) is 0 Å². The largest absolute Gasteiger partial charge is 0.480 e. The number of aliphatic carboxylic acids is 1. The predicted molar refractivity (Wildman–Crippen MR) is 135 cm³/mol. The summed E-state index contributed by atoms with van der Waals surface area (Å²) in [6.45, 7) is 1.47. The van der Waals surface area contributed by atoms with Crippen LogP contribution >= 0.6 is 15.9 Å². The maximum atomic E-state index is 12.8. The third-order valence-electron chi connectivity index (χ3n) is 6.03. The molecule has 0 aliphatic heterocycles. The van der Waals surface area contributed by atoms with Crippen LogP contribution in [0.5, 0.6) is 0 Å². The van der Waals surface area contributed by atoms with Crippen molar-refractivity contribution in [3.05, 3.63) is 94.0 Å². The maximum absolute atomic E-state index is 12.8. The van der Waals surface area contributed by atoms with E-state index in [-0.39, 0.29) is 18.9 Å². The van der Waals surface area contributed by atoms with Gasteiger partial charge < -0.3 is 20.5 Å². The van der Waals surface area contributed by atoms with Crippen molar-refractivity contribution in [2.75, 3.05) is 6.61 Å². The highest BCUT2D eigenvalue weighted by atomic mass is 79.9. The number of hydrogen-bond acceptors (Lipinski definition) is 4. The van der Waals surface area contributed by atoms with Gasteiger partial charge in [-0.05, 0) is 46.9 Å². The minimum Gasteiger partial charge on any atom is -0.480 e. The predicted octanol–water partition coefficient (Wildman–Crippen LogP) is 4.49. The Bertz CT molecular complexity index is 1200. The molecule has 1 unspecified atom stereocenters. The lowest BCUT2D eigenvalue weighted by Gasteiger charge is -2.21. The van der Waals surface area contributed by atoms with E-state index < -0.39 is 30.1 Å². The minimum atomic E-state index is -1.16. The smallest absolute Gasteiger partial charge is 0.407 e. The van der Waals surface area contributed by atoms with Crippen molar-refractivity contribution in [3.8, 4) is 11.1 Å². The monoisotopic (exact) mass is 536 g/mol. The van der Waals surface area contributed by atoms with Gasteiger partial charge in [0.25, 0.3) is 0 Å². The molecule has 1 aliphatic carbocycles. The molecule has 4 rings (SSSR count). The van der Waals surface area contributed by atoms with Crippen molar-refractivity contribution in [1.29, 1.82) is 0 Å². The number of ether oxygens (including phenoxy) is 1. The molecule has 0 bridgehead atoms. The summed E-state index contributed by atoms with van der Waals surface area (Å²) in [5, 5.41) is 14.2. The molecule has 0 fully saturated rings. The molecule has 0 heterocycles. The minimum absolute atomic E-state index is 0.109. The zero-order valence-electron chi connectivity index (χ0n) is 19.0. The van der Waals surface area contributed by atoms with Crippen molar-refractivity contribution in [3.63, 3.8) is 0 Å². The first-order valence-electron chi connectivity index (χ1n) is 11.2. The zero-order chi connectivity index (χ0) is 24.9. The highest BCUT2D eigenvalue weighted by Crippen LogP contribution is 2.44. The van der Waals surface area contributed by atoms with Crippen LogP contribution in [-0.2, 0) is 20.7 Å². The Morgan fingerprint density at radius 3 is 2.06 bits per heavy atom. The lowest BCUT2D eigenvalue weighted by Crippen LogP contribution is -2.51. The second-order valence-corrected chi connectivity index (χ2v) is 9.34. The normalized spacial score (nSPS) is 13.8. The van der Waals surface area contributed by atoms with Gasteiger partial charge in [-0.1, -0.05) is 76.6 Å². The van der Waals surface area contributed by atoms with Gasteiger partial charge in [-0.3, -0.25) is 9.59 Å². The number of hydrogen-bond donors (Lipinski definition) is 3. The second kappa shape index (κ2) is 10.7. The summed E-state index contributed by atoms with van der Waals surface area (Å²) in [5.41, 5.74) is 5.21. The summed E-state index contributed by atoms with van der Waals surface area (Å²) in [6, 6.07) is 21.2. The van der Waals surface area contributed by atoms with Crippen LogP contribution in [0.15, 0.2) is 77.3 Å². The van der Waals surface area contributed by atoms with Crippen molar-refractivity contribution in [2.45, 2.75) is 31.3 Å². The highest BCUT2D eigenvalue weighted by molar-refractivity contribution is 9.10. The Balaban J connectivity index is 1.46. The molecule has 3 aromatic rings. The van der Waals surface area contributed by atoms with Gasteiger partial charge in [0.2, 0.25) is 5.91 Å². The number of carboxylic acids is 1. The lowest BCUT2D eigenvalue weighted by molar-refractivity contribution is -0.141. The number of nitrogens with one attached hydrogen (secondary N) is 2. The van der Waals surface area contributed by atoms with Crippen molar-refractivity contribution < 1.29 is 24.2 Å². The zero-order valence-corrected chi connectivity index (χ0v) is 20.6. The molecule has 0 aromatic heterocycles. The number of amides is 2. The Labute approximate surface area is 211 Å². The quantitative estimate of drug-likeness (QED) is 0.393. The van der Waals surface area contributed by atoms with Crippen LogP contribution in [0.25, 0.3) is 11.1 Å². The molecule has 3 aromatic carbocycles. The average Bonchev–Trinajstić information content (AvgIpc) is 3.17. The molecule has 3 N–H and O–H groups in total. The van der Waals surface area contributed by atoms with E-state index in [0.29, 0.717) is 0 Å². The summed E-state index contributed by atoms with van der Waals surface area (Å²) in [6.07, 6.45) is -0.567. The van der Waals surface area contributed by atoms with E-state index in [1.54, 1.807) is 0 Å². The first-order valence-corrected chi connectivity index (χ1v) is 12.0. The van der Waals surface area contributed by atoms with E-state index in [9.17, 15) is 14.4 Å². The number of rotatable bonds is 8. The van der Waals surface area contributed by atoms with Crippen LogP contribution in [0.4, 0.5) is 4.79 Å². The molecule has 8 heteroatoms. The number of benzene rings is 3. The molecule has 0 radical (unpaired) electrons. The van der Waals surface area contributed by atoms with Gasteiger partial charge in [-0.15, -0.1) is 0 Å². The highest BCUT2D eigenvalue weighted by Gasteiger charge is 2.30. The Hall–Kier alpha value is -3.65. The summed E-state index contributed by atoms with van der Waals surface area (Å²) in [4.78, 5) is 36.8. The van der Waals surface area contributed by atoms with Crippen LogP contribution in [0, 0.1) is 0 Å². The lowest BCUT2D eigenvalue weighted by atomic mass is 9.98. The molecule has 7 nitrogen and oxygen atoms in total. The molecular weight excluding hydrogens is 512 g/mol. The summed E-state index contributed by atoms with van der Waals surface area (Å²) in [7, 11) is 0. The summed E-state index contributed by atoms with van der Waals surface area (Å²) >= 11 is 3.37. The third kappa shape index (κ3) is 5.71. The van der Waals surface area contributed by atoms with Gasteiger partial charge in [-0.2, -0.15) is 0 Å². The van der Waals surface area contributed by atoms with Crippen LogP contribution < -0.4 is 10.6 Å². The fourth-order valence-corrected chi connectivity index (χ4v) is 4.49. The molecule has 0 saturated heterocycles. The number of carboxylic acid groups (broad SMARTS) is 1. The molecular formula is C27H25BrN2O5. The van der Waals surface area contributed by atoms with E-state index in [0.717, 1.165) is 32.3 Å². The van der Waals surface area contributed by atoms with E-state index in [2.05, 4.69) is 38.7 Å². The summed E-state index contributed by atoms with van der Waals surface area (Å²) < 4.78 is 6.46. The molecule has 180 valence electrons. The number of halogens is 1. The van der Waals surface area contributed by atoms with Gasteiger partial charge in [0.15, 0.2) is 0 Å². The summed E-state index contributed by atoms with van der Waals surface area (Å²) in [5.74, 6) is -1.88. The van der Waals surface area contributed by atoms with E-state index >= 15 is 0 Å². The van der Waals surface area contributed by atoms with Gasteiger partial charge >= 0.3 is 12.1 Å². The van der Waals surface area contributed by atoms with E-state index in [1.807, 2.05) is 60.7 Å². The standard InChI is InChI=1S/C27H25BrN2O5/c1-16(26(32)33)29-25(31)24(14-17-10-12-18(28)13-11-17)30-27(34)35-15-23-21-8-4-2-6-19(21)20-7-3-5-9-22(20)23/h2-13,16,23-24H,14-15H2,1H3,(H,29,31)(H,30,34)(H,32,33)/t16?,24-/m1/s1. The average molecular weight is 537 g/mol. The van der Waals surface area contributed by atoms with Crippen LogP contribution in [-0.4, -0.2) is 41.8 Å².